The molecule has 0 radical (unpaired) electrons. The predicted octanol–water partition coefficient (Wildman–Crippen LogP) is 4.47. The lowest BCUT2D eigenvalue weighted by Crippen LogP contribution is -2.19. The zero-order valence-electron chi connectivity index (χ0n) is 14.3. The summed E-state index contributed by atoms with van der Waals surface area (Å²) in [5.41, 5.74) is 4.44. The van der Waals surface area contributed by atoms with Crippen LogP contribution in [0.5, 0.6) is 0 Å². The van der Waals surface area contributed by atoms with E-state index in [1.165, 1.54) is 11.1 Å². The van der Waals surface area contributed by atoms with Crippen LogP contribution < -0.4 is 10.2 Å². The molecule has 0 bridgehead atoms. The molecule has 0 spiro atoms. The molecule has 0 saturated carbocycles. The summed E-state index contributed by atoms with van der Waals surface area (Å²) in [6.45, 7) is 4.84. The standard InChI is InChI=1S/C20H22N4/c1-15-9-11-18(12-10-15)22-19-13-16(2)21-20(23-19)24(3)14-17-7-5-4-6-8-17/h4-13H,14H2,1-3H3,(H,21,22,23). The van der Waals surface area contributed by atoms with Crippen LogP contribution in [0.25, 0.3) is 0 Å². The maximum Gasteiger partial charge on any atom is 0.227 e. The van der Waals surface area contributed by atoms with E-state index in [1.807, 2.05) is 38.2 Å². The Bertz CT molecular complexity index is 798. The molecule has 1 aromatic heterocycles. The van der Waals surface area contributed by atoms with E-state index in [4.69, 9.17) is 0 Å². The number of rotatable bonds is 5. The van der Waals surface area contributed by atoms with Gasteiger partial charge in [-0.25, -0.2) is 4.98 Å². The van der Waals surface area contributed by atoms with Gasteiger partial charge in [-0.05, 0) is 31.5 Å². The summed E-state index contributed by atoms with van der Waals surface area (Å²) < 4.78 is 0. The smallest absolute Gasteiger partial charge is 0.227 e. The van der Waals surface area contributed by atoms with Crippen LogP contribution in [0, 0.1) is 13.8 Å². The third-order valence-electron chi connectivity index (χ3n) is 3.77. The summed E-state index contributed by atoms with van der Waals surface area (Å²) in [5.74, 6) is 1.52. The third kappa shape index (κ3) is 4.10. The minimum atomic E-state index is 0.716. The topological polar surface area (TPSA) is 41.1 Å². The van der Waals surface area contributed by atoms with Gasteiger partial charge in [-0.2, -0.15) is 4.98 Å². The van der Waals surface area contributed by atoms with E-state index in [0.29, 0.717) is 5.95 Å². The normalized spacial score (nSPS) is 10.5. The van der Waals surface area contributed by atoms with Gasteiger partial charge < -0.3 is 10.2 Å². The zero-order valence-corrected chi connectivity index (χ0v) is 14.3. The molecule has 0 atom stereocenters. The van der Waals surface area contributed by atoms with Crippen molar-refractivity contribution in [3.05, 3.63) is 77.5 Å². The van der Waals surface area contributed by atoms with Gasteiger partial charge in [-0.1, -0.05) is 48.0 Å². The number of aromatic nitrogens is 2. The average Bonchev–Trinajstić information content (AvgIpc) is 2.57. The molecule has 0 saturated heterocycles. The zero-order chi connectivity index (χ0) is 16.9. The fourth-order valence-electron chi connectivity index (χ4n) is 2.50. The number of hydrogen-bond donors (Lipinski definition) is 1. The lowest BCUT2D eigenvalue weighted by atomic mass is 10.2. The molecule has 1 heterocycles. The monoisotopic (exact) mass is 318 g/mol. The quantitative estimate of drug-likeness (QED) is 0.753. The molecular formula is C20H22N4. The Labute approximate surface area is 143 Å². The van der Waals surface area contributed by atoms with Gasteiger partial charge in [-0.15, -0.1) is 0 Å². The molecule has 4 nitrogen and oxygen atoms in total. The number of benzene rings is 2. The van der Waals surface area contributed by atoms with Crippen LogP contribution in [0.4, 0.5) is 17.5 Å². The Hall–Kier alpha value is -2.88. The molecule has 3 aromatic rings. The highest BCUT2D eigenvalue weighted by Crippen LogP contribution is 2.19. The molecule has 0 aliphatic rings. The lowest BCUT2D eigenvalue weighted by molar-refractivity contribution is 0.861. The maximum atomic E-state index is 4.65. The van der Waals surface area contributed by atoms with E-state index >= 15 is 0 Å². The van der Waals surface area contributed by atoms with Crippen LogP contribution >= 0.6 is 0 Å². The summed E-state index contributed by atoms with van der Waals surface area (Å²) >= 11 is 0. The number of nitrogens with one attached hydrogen (secondary N) is 1. The molecule has 0 amide bonds. The van der Waals surface area contributed by atoms with Gasteiger partial charge in [-0.3, -0.25) is 0 Å². The summed E-state index contributed by atoms with van der Waals surface area (Å²) in [4.78, 5) is 11.3. The van der Waals surface area contributed by atoms with Crippen molar-refractivity contribution < 1.29 is 0 Å². The maximum absolute atomic E-state index is 4.65. The second-order valence-corrected chi connectivity index (χ2v) is 6.03. The van der Waals surface area contributed by atoms with Crippen LogP contribution in [0.2, 0.25) is 0 Å². The van der Waals surface area contributed by atoms with Crippen LogP contribution in [0.3, 0.4) is 0 Å². The first kappa shape index (κ1) is 16.0. The van der Waals surface area contributed by atoms with E-state index in [2.05, 4.69) is 63.5 Å². The summed E-state index contributed by atoms with van der Waals surface area (Å²) in [5, 5.41) is 3.35. The van der Waals surface area contributed by atoms with Crippen molar-refractivity contribution in [2.24, 2.45) is 0 Å². The van der Waals surface area contributed by atoms with Gasteiger partial charge in [0.2, 0.25) is 5.95 Å². The average molecular weight is 318 g/mol. The first-order valence-electron chi connectivity index (χ1n) is 8.04. The van der Waals surface area contributed by atoms with Crippen molar-refractivity contribution in [2.45, 2.75) is 20.4 Å². The first-order chi connectivity index (χ1) is 11.6. The Morgan fingerprint density at radius 2 is 1.62 bits per heavy atom. The van der Waals surface area contributed by atoms with Gasteiger partial charge in [0.05, 0.1) is 0 Å². The fraction of sp³-hybridized carbons (Fsp3) is 0.200. The minimum absolute atomic E-state index is 0.716. The SMILES string of the molecule is Cc1ccc(Nc2cc(C)nc(N(C)Cc3ccccc3)n2)cc1. The van der Waals surface area contributed by atoms with E-state index in [1.54, 1.807) is 0 Å². The Morgan fingerprint density at radius 3 is 2.33 bits per heavy atom. The van der Waals surface area contributed by atoms with Crippen molar-refractivity contribution in [3.8, 4) is 0 Å². The number of hydrogen-bond acceptors (Lipinski definition) is 4. The van der Waals surface area contributed by atoms with Crippen LogP contribution in [-0.4, -0.2) is 17.0 Å². The van der Waals surface area contributed by atoms with Crippen molar-refractivity contribution in [2.75, 3.05) is 17.3 Å². The molecule has 24 heavy (non-hydrogen) atoms. The highest BCUT2D eigenvalue weighted by atomic mass is 15.2. The first-order valence-corrected chi connectivity index (χ1v) is 8.04. The van der Waals surface area contributed by atoms with Gasteiger partial charge >= 0.3 is 0 Å². The van der Waals surface area contributed by atoms with Crippen LogP contribution in [0.1, 0.15) is 16.8 Å². The van der Waals surface area contributed by atoms with Gasteiger partial charge in [0.25, 0.3) is 0 Å². The van der Waals surface area contributed by atoms with Crippen molar-refractivity contribution in [1.29, 1.82) is 0 Å². The van der Waals surface area contributed by atoms with Crippen LogP contribution in [0.15, 0.2) is 60.7 Å². The van der Waals surface area contributed by atoms with Crippen molar-refractivity contribution >= 4 is 17.5 Å². The largest absolute Gasteiger partial charge is 0.340 e. The molecule has 4 heteroatoms. The van der Waals surface area contributed by atoms with E-state index in [-0.39, 0.29) is 0 Å². The van der Waals surface area contributed by atoms with Gasteiger partial charge in [0.15, 0.2) is 0 Å². The lowest BCUT2D eigenvalue weighted by Gasteiger charge is -2.18. The molecular weight excluding hydrogens is 296 g/mol. The second kappa shape index (κ2) is 7.13. The second-order valence-electron chi connectivity index (χ2n) is 6.03. The van der Waals surface area contributed by atoms with Crippen molar-refractivity contribution in [1.82, 2.24) is 9.97 Å². The van der Waals surface area contributed by atoms with Crippen LogP contribution in [-0.2, 0) is 6.54 Å². The van der Waals surface area contributed by atoms with Crippen molar-refractivity contribution in [3.63, 3.8) is 0 Å². The fourth-order valence-corrected chi connectivity index (χ4v) is 2.50. The minimum Gasteiger partial charge on any atom is -0.340 e. The Balaban J connectivity index is 1.79. The van der Waals surface area contributed by atoms with Gasteiger partial charge in [0.1, 0.15) is 5.82 Å². The molecule has 3 rings (SSSR count). The molecule has 0 fully saturated rings. The summed E-state index contributed by atoms with van der Waals surface area (Å²) in [6.07, 6.45) is 0. The Morgan fingerprint density at radius 1 is 0.917 bits per heavy atom. The number of aryl methyl sites for hydroxylation is 2. The van der Waals surface area contributed by atoms with E-state index < -0.39 is 0 Å². The predicted molar refractivity (Wildman–Crippen MR) is 99.8 cm³/mol. The highest BCUT2D eigenvalue weighted by molar-refractivity contribution is 5.58. The third-order valence-corrected chi connectivity index (χ3v) is 3.77. The highest BCUT2D eigenvalue weighted by Gasteiger charge is 2.08. The molecule has 1 N–H and O–H groups in total. The number of nitrogens with zero attached hydrogens (tertiary/aromatic N) is 3. The molecule has 0 aliphatic carbocycles. The molecule has 0 unspecified atom stereocenters. The Kier molecular flexibility index (Phi) is 4.75. The number of anilines is 3. The molecule has 2 aromatic carbocycles. The van der Waals surface area contributed by atoms with E-state index in [0.717, 1.165) is 23.7 Å². The van der Waals surface area contributed by atoms with E-state index in [9.17, 15) is 0 Å². The molecule has 0 aliphatic heterocycles. The summed E-state index contributed by atoms with van der Waals surface area (Å²) in [6, 6.07) is 20.6. The molecule has 122 valence electrons. The van der Waals surface area contributed by atoms with Gasteiger partial charge in [0, 0.05) is 31.0 Å². The summed E-state index contributed by atoms with van der Waals surface area (Å²) in [7, 11) is 2.01.